The maximum atomic E-state index is 9.90. The van der Waals surface area contributed by atoms with Crippen LogP contribution in [0.1, 0.15) is 17.8 Å². The molecule has 20 heavy (non-hydrogen) atoms. The second-order valence-electron chi connectivity index (χ2n) is 5.88. The maximum absolute atomic E-state index is 9.90. The van der Waals surface area contributed by atoms with Gasteiger partial charge in [0, 0.05) is 57.5 Å². The van der Waals surface area contributed by atoms with Crippen LogP contribution in [0.2, 0.25) is 0 Å². The molecule has 0 aromatic carbocycles. The molecular formula is C15H24N4O. The van der Waals surface area contributed by atoms with Gasteiger partial charge in [0.25, 0.3) is 0 Å². The molecule has 1 unspecified atom stereocenters. The van der Waals surface area contributed by atoms with Crippen LogP contribution in [0.4, 0.5) is 0 Å². The van der Waals surface area contributed by atoms with Crippen molar-refractivity contribution in [1.82, 2.24) is 20.1 Å². The number of aryl methyl sites for hydroxylation is 1. The van der Waals surface area contributed by atoms with E-state index < -0.39 is 0 Å². The fraction of sp³-hybridized carbons (Fsp3) is 0.667. The first kappa shape index (κ1) is 13.8. The van der Waals surface area contributed by atoms with Crippen molar-refractivity contribution >= 4 is 0 Å². The van der Waals surface area contributed by atoms with Gasteiger partial charge in [-0.15, -0.1) is 0 Å². The molecule has 0 spiro atoms. The zero-order chi connectivity index (χ0) is 13.9. The highest BCUT2D eigenvalue weighted by atomic mass is 16.3. The minimum Gasteiger partial charge on any atom is -0.506 e. The summed E-state index contributed by atoms with van der Waals surface area (Å²) in [5.74, 6) is 0.321. The van der Waals surface area contributed by atoms with E-state index in [0.29, 0.717) is 11.8 Å². The molecule has 5 nitrogen and oxygen atoms in total. The topological polar surface area (TPSA) is 51.6 Å². The quantitative estimate of drug-likeness (QED) is 0.845. The summed E-state index contributed by atoms with van der Waals surface area (Å²) in [6, 6.07) is 4.28. The fourth-order valence-corrected chi connectivity index (χ4v) is 3.23. The SMILES string of the molecule is Cc1ccc(O)c(CN2CCC(N3CCNCC3)C2)n1. The Morgan fingerprint density at radius 2 is 2.10 bits per heavy atom. The standard InChI is InChI=1S/C15H24N4O/c1-12-2-3-15(20)14(17-12)11-18-7-4-13(10-18)19-8-5-16-6-9-19/h2-3,13,16,20H,4-11H2,1H3. The van der Waals surface area contributed by atoms with E-state index in [0.717, 1.165) is 57.2 Å². The van der Waals surface area contributed by atoms with E-state index >= 15 is 0 Å². The Labute approximate surface area is 120 Å². The smallest absolute Gasteiger partial charge is 0.138 e. The summed E-state index contributed by atoms with van der Waals surface area (Å²) in [6.45, 7) is 9.46. The Kier molecular flexibility index (Phi) is 4.19. The van der Waals surface area contributed by atoms with Crippen molar-refractivity contribution in [3.8, 4) is 5.75 Å². The average molecular weight is 276 g/mol. The van der Waals surface area contributed by atoms with E-state index in [1.807, 2.05) is 13.0 Å². The Hall–Kier alpha value is -1.17. The second kappa shape index (κ2) is 6.08. The Bertz CT molecular complexity index is 459. The summed E-state index contributed by atoms with van der Waals surface area (Å²) in [5.41, 5.74) is 1.78. The molecule has 3 heterocycles. The first-order valence-electron chi connectivity index (χ1n) is 7.55. The number of rotatable bonds is 3. The second-order valence-corrected chi connectivity index (χ2v) is 5.88. The highest BCUT2D eigenvalue weighted by Crippen LogP contribution is 2.21. The predicted octanol–water partition coefficient (Wildman–Crippen LogP) is 0.575. The van der Waals surface area contributed by atoms with E-state index in [-0.39, 0.29) is 0 Å². The lowest BCUT2D eigenvalue weighted by molar-refractivity contribution is 0.170. The predicted molar refractivity (Wildman–Crippen MR) is 78.8 cm³/mol. The molecule has 1 aromatic rings. The van der Waals surface area contributed by atoms with Crippen LogP contribution in [0.25, 0.3) is 0 Å². The van der Waals surface area contributed by atoms with Gasteiger partial charge in [-0.2, -0.15) is 0 Å². The van der Waals surface area contributed by atoms with Gasteiger partial charge in [-0.05, 0) is 25.5 Å². The van der Waals surface area contributed by atoms with Crippen molar-refractivity contribution in [3.05, 3.63) is 23.5 Å². The van der Waals surface area contributed by atoms with Crippen molar-refractivity contribution < 1.29 is 5.11 Å². The third-order valence-corrected chi connectivity index (χ3v) is 4.38. The molecule has 5 heteroatoms. The van der Waals surface area contributed by atoms with Crippen LogP contribution >= 0.6 is 0 Å². The van der Waals surface area contributed by atoms with Crippen molar-refractivity contribution in [2.75, 3.05) is 39.3 Å². The number of hydrogen-bond acceptors (Lipinski definition) is 5. The molecule has 0 amide bonds. The fourth-order valence-electron chi connectivity index (χ4n) is 3.23. The minimum atomic E-state index is 0.321. The molecule has 2 aliphatic rings. The summed E-state index contributed by atoms with van der Waals surface area (Å²) in [7, 11) is 0. The Morgan fingerprint density at radius 1 is 1.30 bits per heavy atom. The molecule has 2 aliphatic heterocycles. The van der Waals surface area contributed by atoms with Gasteiger partial charge in [-0.3, -0.25) is 14.8 Å². The van der Waals surface area contributed by atoms with E-state index in [1.54, 1.807) is 6.07 Å². The van der Waals surface area contributed by atoms with Crippen LogP contribution in [0.15, 0.2) is 12.1 Å². The van der Waals surface area contributed by atoms with Crippen molar-refractivity contribution in [3.63, 3.8) is 0 Å². The number of aromatic hydroxyl groups is 1. The zero-order valence-corrected chi connectivity index (χ0v) is 12.2. The van der Waals surface area contributed by atoms with E-state index in [9.17, 15) is 5.11 Å². The Balaban J connectivity index is 1.58. The zero-order valence-electron chi connectivity index (χ0n) is 12.2. The van der Waals surface area contributed by atoms with Crippen LogP contribution in [0, 0.1) is 6.92 Å². The number of hydrogen-bond donors (Lipinski definition) is 2. The molecule has 2 saturated heterocycles. The van der Waals surface area contributed by atoms with E-state index in [4.69, 9.17) is 0 Å². The van der Waals surface area contributed by atoms with E-state index in [2.05, 4.69) is 20.1 Å². The molecule has 0 aliphatic carbocycles. The third kappa shape index (κ3) is 3.11. The molecule has 1 atom stereocenters. The van der Waals surface area contributed by atoms with Gasteiger partial charge < -0.3 is 10.4 Å². The third-order valence-electron chi connectivity index (χ3n) is 4.38. The molecule has 0 saturated carbocycles. The number of pyridine rings is 1. The first-order chi connectivity index (χ1) is 9.72. The van der Waals surface area contributed by atoms with Gasteiger partial charge in [-0.25, -0.2) is 0 Å². The Morgan fingerprint density at radius 3 is 2.90 bits per heavy atom. The van der Waals surface area contributed by atoms with Crippen LogP contribution in [0.3, 0.4) is 0 Å². The van der Waals surface area contributed by atoms with Gasteiger partial charge in [0.1, 0.15) is 5.75 Å². The molecule has 2 fully saturated rings. The van der Waals surface area contributed by atoms with Crippen LogP contribution in [-0.2, 0) is 6.54 Å². The highest BCUT2D eigenvalue weighted by Gasteiger charge is 2.28. The molecule has 1 aromatic heterocycles. The summed E-state index contributed by atoms with van der Waals surface area (Å²) < 4.78 is 0. The van der Waals surface area contributed by atoms with Crippen LogP contribution < -0.4 is 5.32 Å². The maximum Gasteiger partial charge on any atom is 0.138 e. The largest absolute Gasteiger partial charge is 0.506 e. The number of nitrogens with one attached hydrogen (secondary N) is 1. The van der Waals surface area contributed by atoms with E-state index in [1.165, 1.54) is 6.42 Å². The molecule has 0 bridgehead atoms. The average Bonchev–Trinajstić information content (AvgIpc) is 2.92. The summed E-state index contributed by atoms with van der Waals surface area (Å²) >= 11 is 0. The van der Waals surface area contributed by atoms with Crippen LogP contribution in [-0.4, -0.2) is 65.2 Å². The van der Waals surface area contributed by atoms with Gasteiger partial charge in [0.2, 0.25) is 0 Å². The molecule has 0 radical (unpaired) electrons. The van der Waals surface area contributed by atoms with Gasteiger partial charge in [0.05, 0.1) is 5.69 Å². The number of likely N-dealkylation sites (tertiary alicyclic amines) is 1. The highest BCUT2D eigenvalue weighted by molar-refractivity contribution is 5.27. The lowest BCUT2D eigenvalue weighted by Crippen LogP contribution is -2.49. The molecule has 3 rings (SSSR count). The number of piperazine rings is 1. The summed E-state index contributed by atoms with van der Waals surface area (Å²) in [5, 5.41) is 13.3. The molecular weight excluding hydrogens is 252 g/mol. The molecule has 110 valence electrons. The number of aromatic nitrogens is 1. The molecule has 2 N–H and O–H groups in total. The monoisotopic (exact) mass is 276 g/mol. The van der Waals surface area contributed by atoms with Crippen LogP contribution in [0.5, 0.6) is 5.75 Å². The van der Waals surface area contributed by atoms with Gasteiger partial charge in [0.15, 0.2) is 0 Å². The lowest BCUT2D eigenvalue weighted by Gasteiger charge is -2.32. The van der Waals surface area contributed by atoms with Crippen molar-refractivity contribution in [2.45, 2.75) is 25.9 Å². The first-order valence-corrected chi connectivity index (χ1v) is 7.55. The van der Waals surface area contributed by atoms with Gasteiger partial charge >= 0.3 is 0 Å². The summed E-state index contributed by atoms with van der Waals surface area (Å²) in [6.07, 6.45) is 1.23. The minimum absolute atomic E-state index is 0.321. The van der Waals surface area contributed by atoms with Crippen molar-refractivity contribution in [1.29, 1.82) is 0 Å². The van der Waals surface area contributed by atoms with Crippen molar-refractivity contribution in [2.24, 2.45) is 0 Å². The van der Waals surface area contributed by atoms with Gasteiger partial charge in [-0.1, -0.05) is 0 Å². The normalized spacial score (nSPS) is 25.1. The lowest BCUT2D eigenvalue weighted by atomic mass is 10.2. The number of nitrogens with zero attached hydrogens (tertiary/aromatic N) is 3. The summed E-state index contributed by atoms with van der Waals surface area (Å²) in [4.78, 5) is 9.47.